The van der Waals surface area contributed by atoms with Gasteiger partial charge in [-0.05, 0) is 36.8 Å². The number of hydrogen-bond donors (Lipinski definition) is 0. The third kappa shape index (κ3) is 4.45. The molecule has 0 aliphatic carbocycles. The summed E-state index contributed by atoms with van der Waals surface area (Å²) in [5, 5.41) is 4.12. The van der Waals surface area contributed by atoms with E-state index >= 15 is 0 Å². The van der Waals surface area contributed by atoms with Crippen LogP contribution >= 0.6 is 0 Å². The van der Waals surface area contributed by atoms with Crippen molar-refractivity contribution in [2.24, 2.45) is 0 Å². The maximum Gasteiger partial charge on any atom is 0.246 e. The standard InChI is InChI=1S/C22H24N4O3/c1-16(17-8-11-19(12-9-17)26-15-23-14-24-26)25(2)21(27)13-10-18-6-5-7-20(28-3)22(18)29-4/h5-16H,1-4H3/b13-10+/t16-/m1/s1. The largest absolute Gasteiger partial charge is 0.493 e. The van der Waals surface area contributed by atoms with E-state index in [1.54, 1.807) is 43.3 Å². The lowest BCUT2D eigenvalue weighted by atomic mass is 10.1. The van der Waals surface area contributed by atoms with E-state index in [1.807, 2.05) is 49.4 Å². The molecule has 29 heavy (non-hydrogen) atoms. The molecule has 3 aromatic rings. The number of amides is 1. The van der Waals surface area contributed by atoms with Gasteiger partial charge in [0, 0.05) is 18.7 Å². The van der Waals surface area contributed by atoms with Crippen LogP contribution in [0.25, 0.3) is 11.8 Å². The Labute approximate surface area is 170 Å². The van der Waals surface area contributed by atoms with E-state index < -0.39 is 0 Å². The molecule has 0 unspecified atom stereocenters. The second-order valence-electron chi connectivity index (χ2n) is 6.47. The number of carbonyl (C=O) groups excluding carboxylic acids is 1. The van der Waals surface area contributed by atoms with Gasteiger partial charge in [-0.1, -0.05) is 24.3 Å². The van der Waals surface area contributed by atoms with Crippen molar-refractivity contribution in [3.05, 3.63) is 72.3 Å². The van der Waals surface area contributed by atoms with E-state index in [1.165, 1.54) is 12.4 Å². The lowest BCUT2D eigenvalue weighted by Gasteiger charge is -2.24. The van der Waals surface area contributed by atoms with E-state index in [9.17, 15) is 4.79 Å². The van der Waals surface area contributed by atoms with Crippen molar-refractivity contribution >= 4 is 12.0 Å². The molecule has 1 amide bonds. The summed E-state index contributed by atoms with van der Waals surface area (Å²) in [5.74, 6) is 1.11. The summed E-state index contributed by atoms with van der Waals surface area (Å²) in [7, 11) is 4.94. The number of ether oxygens (including phenoxy) is 2. The Hall–Kier alpha value is -3.61. The molecule has 0 saturated carbocycles. The van der Waals surface area contributed by atoms with Crippen LogP contribution < -0.4 is 9.47 Å². The van der Waals surface area contributed by atoms with Crippen LogP contribution in [-0.2, 0) is 4.79 Å². The van der Waals surface area contributed by atoms with Gasteiger partial charge in [0.1, 0.15) is 12.7 Å². The lowest BCUT2D eigenvalue weighted by Crippen LogP contribution is -2.28. The van der Waals surface area contributed by atoms with E-state index in [2.05, 4.69) is 10.1 Å². The Morgan fingerprint density at radius 1 is 1.14 bits per heavy atom. The Morgan fingerprint density at radius 3 is 2.52 bits per heavy atom. The second-order valence-corrected chi connectivity index (χ2v) is 6.47. The normalized spacial score (nSPS) is 12.0. The third-order valence-electron chi connectivity index (χ3n) is 4.83. The zero-order chi connectivity index (χ0) is 20.8. The highest BCUT2D eigenvalue weighted by atomic mass is 16.5. The first kappa shape index (κ1) is 20.1. The maximum absolute atomic E-state index is 12.7. The highest BCUT2D eigenvalue weighted by Gasteiger charge is 2.16. The lowest BCUT2D eigenvalue weighted by molar-refractivity contribution is -0.126. The summed E-state index contributed by atoms with van der Waals surface area (Å²) in [6, 6.07) is 13.3. The molecule has 2 aromatic carbocycles. The monoisotopic (exact) mass is 392 g/mol. The number of methoxy groups -OCH3 is 2. The van der Waals surface area contributed by atoms with Crippen molar-refractivity contribution < 1.29 is 14.3 Å². The Morgan fingerprint density at radius 2 is 1.90 bits per heavy atom. The Kier molecular flexibility index (Phi) is 6.29. The predicted molar refractivity (Wildman–Crippen MR) is 111 cm³/mol. The highest BCUT2D eigenvalue weighted by Crippen LogP contribution is 2.31. The summed E-state index contributed by atoms with van der Waals surface area (Å²) >= 11 is 0. The van der Waals surface area contributed by atoms with Gasteiger partial charge in [-0.15, -0.1) is 0 Å². The molecule has 0 radical (unpaired) electrons. The molecular weight excluding hydrogens is 368 g/mol. The molecular formula is C22H24N4O3. The van der Waals surface area contributed by atoms with Gasteiger partial charge in [-0.3, -0.25) is 4.79 Å². The summed E-state index contributed by atoms with van der Waals surface area (Å²) in [6.45, 7) is 1.99. The van der Waals surface area contributed by atoms with Crippen molar-refractivity contribution in [3.8, 4) is 17.2 Å². The van der Waals surface area contributed by atoms with E-state index in [-0.39, 0.29) is 11.9 Å². The van der Waals surface area contributed by atoms with Crippen LogP contribution in [0.15, 0.2) is 61.2 Å². The number of hydrogen-bond acceptors (Lipinski definition) is 5. The van der Waals surface area contributed by atoms with E-state index in [0.717, 1.165) is 16.8 Å². The molecule has 0 bridgehead atoms. The summed E-state index contributed by atoms with van der Waals surface area (Å²) < 4.78 is 12.4. The summed E-state index contributed by atoms with van der Waals surface area (Å²) in [6.07, 6.45) is 6.41. The quantitative estimate of drug-likeness (QED) is 0.576. The maximum atomic E-state index is 12.7. The van der Waals surface area contributed by atoms with Gasteiger partial charge >= 0.3 is 0 Å². The minimum atomic E-state index is -0.109. The van der Waals surface area contributed by atoms with Gasteiger partial charge in [-0.25, -0.2) is 9.67 Å². The van der Waals surface area contributed by atoms with Crippen LogP contribution in [0.1, 0.15) is 24.1 Å². The highest BCUT2D eigenvalue weighted by molar-refractivity contribution is 5.92. The summed E-state index contributed by atoms with van der Waals surface area (Å²) in [4.78, 5) is 18.3. The fourth-order valence-corrected chi connectivity index (χ4v) is 2.98. The number of benzene rings is 2. The molecule has 0 spiro atoms. The SMILES string of the molecule is COc1cccc(/C=C/C(=O)N(C)[C@H](C)c2ccc(-n3cncn3)cc2)c1OC. The number of rotatable bonds is 7. The number of carbonyl (C=O) groups is 1. The zero-order valence-corrected chi connectivity index (χ0v) is 16.9. The number of aromatic nitrogens is 3. The van der Waals surface area contributed by atoms with Crippen LogP contribution in [0.2, 0.25) is 0 Å². The minimum Gasteiger partial charge on any atom is -0.493 e. The van der Waals surface area contributed by atoms with Gasteiger partial charge in [0.2, 0.25) is 5.91 Å². The molecule has 1 atom stereocenters. The summed E-state index contributed by atoms with van der Waals surface area (Å²) in [5.41, 5.74) is 2.72. The van der Waals surface area contributed by atoms with Crippen molar-refractivity contribution in [3.63, 3.8) is 0 Å². The fourth-order valence-electron chi connectivity index (χ4n) is 2.98. The first-order valence-corrected chi connectivity index (χ1v) is 9.16. The molecule has 150 valence electrons. The molecule has 0 fully saturated rings. The van der Waals surface area contributed by atoms with Gasteiger partial charge in [0.15, 0.2) is 11.5 Å². The fraction of sp³-hybridized carbons (Fsp3) is 0.227. The average Bonchev–Trinajstić information content (AvgIpc) is 3.31. The zero-order valence-electron chi connectivity index (χ0n) is 16.9. The van der Waals surface area contributed by atoms with Crippen LogP contribution in [0.5, 0.6) is 11.5 Å². The van der Waals surface area contributed by atoms with E-state index in [4.69, 9.17) is 9.47 Å². The van der Waals surface area contributed by atoms with Gasteiger partial charge in [0.05, 0.1) is 25.9 Å². The minimum absolute atomic E-state index is 0.0934. The van der Waals surface area contributed by atoms with Crippen LogP contribution in [0.3, 0.4) is 0 Å². The molecule has 7 heteroatoms. The third-order valence-corrected chi connectivity index (χ3v) is 4.83. The first-order chi connectivity index (χ1) is 14.0. The molecule has 1 aromatic heterocycles. The van der Waals surface area contributed by atoms with Crippen LogP contribution in [0, 0.1) is 0 Å². The number of para-hydroxylation sites is 1. The molecule has 0 N–H and O–H groups in total. The van der Waals surface area contributed by atoms with Crippen molar-refractivity contribution in [1.29, 1.82) is 0 Å². The topological polar surface area (TPSA) is 69.5 Å². The Balaban J connectivity index is 1.72. The second kappa shape index (κ2) is 9.05. The first-order valence-electron chi connectivity index (χ1n) is 9.16. The van der Waals surface area contributed by atoms with Crippen LogP contribution in [-0.4, -0.2) is 46.8 Å². The smallest absolute Gasteiger partial charge is 0.246 e. The van der Waals surface area contributed by atoms with Crippen molar-refractivity contribution in [1.82, 2.24) is 19.7 Å². The molecule has 7 nitrogen and oxygen atoms in total. The number of likely N-dealkylation sites (N-methyl/N-ethyl adjacent to an activating group) is 1. The Bertz CT molecular complexity index is 982. The molecule has 3 rings (SSSR count). The molecule has 0 aliphatic rings. The predicted octanol–water partition coefficient (Wildman–Crippen LogP) is 3.52. The molecule has 0 saturated heterocycles. The molecule has 0 aliphatic heterocycles. The van der Waals surface area contributed by atoms with Gasteiger partial charge in [-0.2, -0.15) is 5.10 Å². The van der Waals surface area contributed by atoms with Crippen molar-refractivity contribution in [2.45, 2.75) is 13.0 Å². The van der Waals surface area contributed by atoms with E-state index in [0.29, 0.717) is 11.5 Å². The average molecular weight is 392 g/mol. The number of nitrogens with zero attached hydrogens (tertiary/aromatic N) is 4. The van der Waals surface area contributed by atoms with Gasteiger partial charge < -0.3 is 14.4 Å². The van der Waals surface area contributed by atoms with Crippen molar-refractivity contribution in [2.75, 3.05) is 21.3 Å². The molecule has 1 heterocycles. The van der Waals surface area contributed by atoms with Gasteiger partial charge in [0.25, 0.3) is 0 Å². The van der Waals surface area contributed by atoms with Crippen LogP contribution in [0.4, 0.5) is 0 Å².